The molecule has 0 saturated carbocycles. The largest absolute Gasteiger partial charge is 0.489 e. The molecule has 4 heteroatoms. The van der Waals surface area contributed by atoms with Crippen LogP contribution in [0.25, 0.3) is 0 Å². The zero-order valence-corrected chi connectivity index (χ0v) is 13.0. The van der Waals surface area contributed by atoms with E-state index < -0.39 is 0 Å². The van der Waals surface area contributed by atoms with Crippen molar-refractivity contribution in [3.63, 3.8) is 0 Å². The van der Waals surface area contributed by atoms with Crippen molar-refractivity contribution in [3.8, 4) is 5.75 Å². The Morgan fingerprint density at radius 1 is 1.50 bits per heavy atom. The van der Waals surface area contributed by atoms with Crippen LogP contribution in [0.5, 0.6) is 5.75 Å². The quantitative estimate of drug-likeness (QED) is 0.620. The van der Waals surface area contributed by atoms with Crippen molar-refractivity contribution in [1.82, 2.24) is 0 Å². The molecular weight excluding hydrogens is 320 g/mol. The SMILES string of the molecule is COC(=O)CCCc1cc(Br)cc2c1O[C@@H]1CC=C[C@H]21. The molecule has 0 N–H and O–H groups in total. The maximum atomic E-state index is 11.2. The van der Waals surface area contributed by atoms with Gasteiger partial charge in [-0.05, 0) is 30.5 Å². The van der Waals surface area contributed by atoms with E-state index >= 15 is 0 Å². The number of hydrogen-bond donors (Lipinski definition) is 0. The van der Waals surface area contributed by atoms with E-state index in [0.717, 1.165) is 29.5 Å². The van der Waals surface area contributed by atoms with Gasteiger partial charge in [-0.15, -0.1) is 0 Å². The van der Waals surface area contributed by atoms with Crippen molar-refractivity contribution in [2.45, 2.75) is 37.7 Å². The predicted octanol–water partition coefficient (Wildman–Crippen LogP) is 3.75. The lowest BCUT2D eigenvalue weighted by Crippen LogP contribution is -2.11. The van der Waals surface area contributed by atoms with Gasteiger partial charge in [0.15, 0.2) is 0 Å². The summed E-state index contributed by atoms with van der Waals surface area (Å²) in [6, 6.07) is 4.25. The molecule has 0 spiro atoms. The summed E-state index contributed by atoms with van der Waals surface area (Å²) in [7, 11) is 1.43. The Kier molecular flexibility index (Phi) is 3.83. The molecular formula is C16H17BrO3. The maximum absolute atomic E-state index is 11.2. The number of benzene rings is 1. The van der Waals surface area contributed by atoms with Crippen LogP contribution in [0.4, 0.5) is 0 Å². The Labute approximate surface area is 127 Å². The number of aryl methyl sites for hydroxylation is 1. The highest BCUT2D eigenvalue weighted by atomic mass is 79.9. The summed E-state index contributed by atoms with van der Waals surface area (Å²) in [5.41, 5.74) is 2.45. The molecule has 2 aliphatic rings. The molecule has 1 heterocycles. The van der Waals surface area contributed by atoms with Gasteiger partial charge in [-0.3, -0.25) is 4.79 Å². The van der Waals surface area contributed by atoms with Gasteiger partial charge in [-0.25, -0.2) is 0 Å². The minimum Gasteiger partial charge on any atom is -0.489 e. The fourth-order valence-electron chi connectivity index (χ4n) is 2.98. The van der Waals surface area contributed by atoms with E-state index in [1.807, 2.05) is 0 Å². The van der Waals surface area contributed by atoms with Crippen LogP contribution in [0.15, 0.2) is 28.8 Å². The lowest BCUT2D eigenvalue weighted by atomic mass is 9.95. The Balaban J connectivity index is 1.79. The van der Waals surface area contributed by atoms with Crippen LogP contribution < -0.4 is 4.74 Å². The fourth-order valence-corrected chi connectivity index (χ4v) is 3.50. The second-order valence-electron chi connectivity index (χ2n) is 5.26. The van der Waals surface area contributed by atoms with E-state index in [9.17, 15) is 4.79 Å². The van der Waals surface area contributed by atoms with Crippen molar-refractivity contribution in [2.24, 2.45) is 0 Å². The second-order valence-corrected chi connectivity index (χ2v) is 6.17. The number of fused-ring (bicyclic) bond motifs is 3. The minimum atomic E-state index is -0.155. The zero-order valence-electron chi connectivity index (χ0n) is 11.4. The molecule has 1 aliphatic heterocycles. The van der Waals surface area contributed by atoms with Gasteiger partial charge in [0.2, 0.25) is 0 Å². The zero-order chi connectivity index (χ0) is 14.1. The van der Waals surface area contributed by atoms with Crippen LogP contribution in [0.2, 0.25) is 0 Å². The number of esters is 1. The number of carbonyl (C=O) groups excluding carboxylic acids is 1. The molecule has 0 fully saturated rings. The third-order valence-corrected chi connectivity index (χ3v) is 4.41. The maximum Gasteiger partial charge on any atom is 0.305 e. The van der Waals surface area contributed by atoms with Crippen LogP contribution in [0, 0.1) is 0 Å². The van der Waals surface area contributed by atoms with E-state index in [0.29, 0.717) is 12.3 Å². The van der Waals surface area contributed by atoms with E-state index in [1.165, 1.54) is 18.2 Å². The molecule has 0 amide bonds. The van der Waals surface area contributed by atoms with Gasteiger partial charge in [-0.2, -0.15) is 0 Å². The number of methoxy groups -OCH3 is 1. The van der Waals surface area contributed by atoms with Gasteiger partial charge in [-0.1, -0.05) is 28.1 Å². The Morgan fingerprint density at radius 3 is 3.15 bits per heavy atom. The van der Waals surface area contributed by atoms with E-state index in [4.69, 9.17) is 4.74 Å². The van der Waals surface area contributed by atoms with Crippen molar-refractivity contribution < 1.29 is 14.3 Å². The van der Waals surface area contributed by atoms with Crippen molar-refractivity contribution in [2.75, 3.05) is 7.11 Å². The van der Waals surface area contributed by atoms with Crippen LogP contribution in [0.1, 0.15) is 36.3 Å². The molecule has 3 nitrogen and oxygen atoms in total. The molecule has 0 saturated heterocycles. The van der Waals surface area contributed by atoms with Gasteiger partial charge in [0, 0.05) is 28.8 Å². The first-order chi connectivity index (χ1) is 9.69. The molecule has 1 aromatic rings. The van der Waals surface area contributed by atoms with Gasteiger partial charge in [0.25, 0.3) is 0 Å². The predicted molar refractivity (Wildman–Crippen MR) is 80.0 cm³/mol. The van der Waals surface area contributed by atoms with Crippen molar-refractivity contribution in [3.05, 3.63) is 39.9 Å². The summed E-state index contributed by atoms with van der Waals surface area (Å²) < 4.78 is 11.9. The third-order valence-electron chi connectivity index (χ3n) is 3.95. The molecule has 2 atom stereocenters. The first-order valence-electron chi connectivity index (χ1n) is 6.91. The Bertz CT molecular complexity index is 565. The average Bonchev–Trinajstić information content (AvgIpc) is 3.00. The Morgan fingerprint density at radius 2 is 2.35 bits per heavy atom. The highest BCUT2D eigenvalue weighted by Gasteiger charge is 2.36. The average molecular weight is 337 g/mol. The topological polar surface area (TPSA) is 35.5 Å². The van der Waals surface area contributed by atoms with Crippen molar-refractivity contribution in [1.29, 1.82) is 0 Å². The normalized spacial score (nSPS) is 22.3. The summed E-state index contributed by atoms with van der Waals surface area (Å²) in [5.74, 6) is 1.26. The highest BCUT2D eigenvalue weighted by Crippen LogP contribution is 2.46. The molecule has 1 aliphatic carbocycles. The van der Waals surface area contributed by atoms with Crippen LogP contribution in [-0.2, 0) is 16.0 Å². The monoisotopic (exact) mass is 336 g/mol. The second kappa shape index (κ2) is 5.60. The Hall–Kier alpha value is -1.29. The summed E-state index contributed by atoms with van der Waals surface area (Å²) in [4.78, 5) is 11.2. The lowest BCUT2D eigenvalue weighted by Gasteiger charge is -2.11. The molecule has 0 unspecified atom stereocenters. The number of halogens is 1. The first-order valence-corrected chi connectivity index (χ1v) is 7.71. The summed E-state index contributed by atoms with van der Waals surface area (Å²) in [5, 5.41) is 0. The fraction of sp³-hybridized carbons (Fsp3) is 0.438. The van der Waals surface area contributed by atoms with Gasteiger partial charge in [0.1, 0.15) is 11.9 Å². The van der Waals surface area contributed by atoms with E-state index in [-0.39, 0.29) is 12.1 Å². The first kappa shape index (κ1) is 13.7. The van der Waals surface area contributed by atoms with Gasteiger partial charge >= 0.3 is 5.97 Å². The third kappa shape index (κ3) is 2.49. The molecule has 0 bridgehead atoms. The van der Waals surface area contributed by atoms with Crippen LogP contribution in [-0.4, -0.2) is 19.2 Å². The molecule has 0 radical (unpaired) electrons. The molecule has 0 aromatic heterocycles. The van der Waals surface area contributed by atoms with Crippen molar-refractivity contribution >= 4 is 21.9 Å². The molecule has 106 valence electrons. The van der Waals surface area contributed by atoms with Crippen LogP contribution >= 0.6 is 15.9 Å². The lowest BCUT2D eigenvalue weighted by molar-refractivity contribution is -0.140. The highest BCUT2D eigenvalue weighted by molar-refractivity contribution is 9.10. The smallest absolute Gasteiger partial charge is 0.305 e. The number of hydrogen-bond acceptors (Lipinski definition) is 3. The van der Waals surface area contributed by atoms with Gasteiger partial charge < -0.3 is 9.47 Å². The summed E-state index contributed by atoms with van der Waals surface area (Å²) in [6.45, 7) is 0. The number of ether oxygens (including phenoxy) is 2. The van der Waals surface area contributed by atoms with Crippen LogP contribution in [0.3, 0.4) is 0 Å². The summed E-state index contributed by atoms with van der Waals surface area (Å²) >= 11 is 3.58. The molecule has 3 rings (SSSR count). The number of rotatable bonds is 4. The van der Waals surface area contributed by atoms with E-state index in [1.54, 1.807) is 0 Å². The molecule has 20 heavy (non-hydrogen) atoms. The summed E-state index contributed by atoms with van der Waals surface area (Å²) in [6.07, 6.45) is 7.74. The van der Waals surface area contributed by atoms with E-state index in [2.05, 4.69) is 45.0 Å². The minimum absolute atomic E-state index is 0.155. The standard InChI is InChI=1S/C16H17BrO3/c1-19-15(18)7-2-4-10-8-11(17)9-13-12-5-3-6-14(12)20-16(10)13/h3,5,8-9,12,14H,2,4,6-7H2,1H3/t12-,14-/m1/s1. The van der Waals surface area contributed by atoms with Gasteiger partial charge in [0.05, 0.1) is 7.11 Å². The number of carbonyl (C=O) groups is 1. The molecule has 1 aromatic carbocycles.